The van der Waals surface area contributed by atoms with Crippen molar-refractivity contribution in [2.75, 3.05) is 6.61 Å². The van der Waals surface area contributed by atoms with Crippen LogP contribution in [0.3, 0.4) is 0 Å². The quantitative estimate of drug-likeness (QED) is 0.699. The molecule has 0 bridgehead atoms. The summed E-state index contributed by atoms with van der Waals surface area (Å²) in [5.41, 5.74) is 6.08. The molecule has 0 radical (unpaired) electrons. The summed E-state index contributed by atoms with van der Waals surface area (Å²) >= 11 is 0. The zero-order valence-corrected chi connectivity index (χ0v) is 12.9. The second-order valence-electron chi connectivity index (χ2n) is 5.04. The van der Waals surface area contributed by atoms with Crippen LogP contribution in [0.15, 0.2) is 53.1 Å². The minimum atomic E-state index is -1.02. The number of benzene rings is 1. The Morgan fingerprint density at radius 1 is 1.16 bits per heavy atom. The molecule has 0 aliphatic rings. The van der Waals surface area contributed by atoms with Crippen LogP contribution < -0.4 is 11.1 Å². The summed E-state index contributed by atoms with van der Waals surface area (Å²) in [5, 5.41) is 2.38. The van der Waals surface area contributed by atoms with Crippen LogP contribution in [-0.2, 0) is 9.53 Å². The molecule has 0 aliphatic carbocycles. The van der Waals surface area contributed by atoms with E-state index in [1.165, 1.54) is 12.3 Å². The first-order valence-electron chi connectivity index (χ1n) is 7.24. The SMILES string of the molecule is NC(=O)NC(=O)COC(=O)c1cc(-c2ccco2)nc2ccccc12. The number of para-hydroxylation sites is 1. The Kier molecular flexibility index (Phi) is 4.42. The Balaban J connectivity index is 1.92. The van der Waals surface area contributed by atoms with Crippen molar-refractivity contribution in [3.63, 3.8) is 0 Å². The second kappa shape index (κ2) is 6.83. The van der Waals surface area contributed by atoms with Crippen LogP contribution in [0.4, 0.5) is 4.79 Å². The van der Waals surface area contributed by atoms with Crippen LogP contribution in [0.2, 0.25) is 0 Å². The van der Waals surface area contributed by atoms with Gasteiger partial charge in [0.1, 0.15) is 5.69 Å². The smallest absolute Gasteiger partial charge is 0.339 e. The minimum Gasteiger partial charge on any atom is -0.463 e. The fourth-order valence-electron chi connectivity index (χ4n) is 2.28. The molecule has 2 heterocycles. The summed E-state index contributed by atoms with van der Waals surface area (Å²) in [7, 11) is 0. The van der Waals surface area contributed by atoms with Crippen LogP contribution in [0.5, 0.6) is 0 Å². The minimum absolute atomic E-state index is 0.226. The highest BCUT2D eigenvalue weighted by Crippen LogP contribution is 2.25. The number of furan rings is 1. The fraction of sp³-hybridized carbons (Fsp3) is 0.0588. The lowest BCUT2D eigenvalue weighted by Crippen LogP contribution is -2.37. The van der Waals surface area contributed by atoms with E-state index in [1.807, 2.05) is 5.32 Å². The zero-order chi connectivity index (χ0) is 17.8. The van der Waals surface area contributed by atoms with Crippen molar-refractivity contribution in [1.29, 1.82) is 0 Å². The number of ether oxygens (including phenoxy) is 1. The number of amides is 3. The Labute approximate surface area is 141 Å². The van der Waals surface area contributed by atoms with Crippen LogP contribution in [0.25, 0.3) is 22.4 Å². The van der Waals surface area contributed by atoms with Crippen LogP contribution in [0.1, 0.15) is 10.4 Å². The summed E-state index contributed by atoms with van der Waals surface area (Å²) in [5.74, 6) is -1.05. The monoisotopic (exact) mass is 339 g/mol. The van der Waals surface area contributed by atoms with E-state index in [0.29, 0.717) is 22.4 Å². The van der Waals surface area contributed by atoms with Crippen molar-refractivity contribution in [3.8, 4) is 11.5 Å². The van der Waals surface area contributed by atoms with Crippen molar-refractivity contribution >= 4 is 28.8 Å². The molecule has 3 rings (SSSR count). The number of urea groups is 1. The van der Waals surface area contributed by atoms with Crippen molar-refractivity contribution in [1.82, 2.24) is 10.3 Å². The number of pyridine rings is 1. The van der Waals surface area contributed by atoms with E-state index in [2.05, 4.69) is 4.98 Å². The van der Waals surface area contributed by atoms with Gasteiger partial charge in [0.05, 0.1) is 17.3 Å². The van der Waals surface area contributed by atoms with Gasteiger partial charge in [0.15, 0.2) is 12.4 Å². The van der Waals surface area contributed by atoms with E-state index in [9.17, 15) is 14.4 Å². The lowest BCUT2D eigenvalue weighted by Gasteiger charge is -2.09. The maximum Gasteiger partial charge on any atom is 0.339 e. The van der Waals surface area contributed by atoms with Crippen molar-refractivity contribution in [2.24, 2.45) is 5.73 Å². The molecule has 2 aromatic heterocycles. The average molecular weight is 339 g/mol. The molecule has 0 spiro atoms. The molecule has 3 amide bonds. The first-order valence-corrected chi connectivity index (χ1v) is 7.24. The van der Waals surface area contributed by atoms with E-state index in [4.69, 9.17) is 14.9 Å². The van der Waals surface area contributed by atoms with Gasteiger partial charge < -0.3 is 14.9 Å². The lowest BCUT2D eigenvalue weighted by molar-refractivity contribution is -0.123. The Morgan fingerprint density at radius 3 is 2.68 bits per heavy atom. The molecule has 1 aromatic carbocycles. The number of esters is 1. The van der Waals surface area contributed by atoms with Crippen molar-refractivity contribution < 1.29 is 23.5 Å². The molecule has 0 saturated carbocycles. The normalized spacial score (nSPS) is 10.4. The van der Waals surface area contributed by atoms with E-state index in [0.717, 1.165) is 0 Å². The summed E-state index contributed by atoms with van der Waals surface area (Å²) in [6, 6.07) is 10.9. The van der Waals surface area contributed by atoms with Gasteiger partial charge in [0.25, 0.3) is 5.91 Å². The Hall–Kier alpha value is -3.68. The van der Waals surface area contributed by atoms with Gasteiger partial charge in [-0.3, -0.25) is 10.1 Å². The van der Waals surface area contributed by atoms with Crippen molar-refractivity contribution in [2.45, 2.75) is 0 Å². The zero-order valence-electron chi connectivity index (χ0n) is 12.9. The number of hydrogen-bond donors (Lipinski definition) is 2. The first kappa shape index (κ1) is 16.2. The third-order valence-corrected chi connectivity index (χ3v) is 3.31. The van der Waals surface area contributed by atoms with Gasteiger partial charge in [-0.25, -0.2) is 14.6 Å². The molecule has 8 heteroatoms. The van der Waals surface area contributed by atoms with Gasteiger partial charge in [-0.05, 0) is 24.3 Å². The summed E-state index contributed by atoms with van der Waals surface area (Å²) in [6.07, 6.45) is 1.50. The van der Waals surface area contributed by atoms with E-state index in [1.54, 1.807) is 36.4 Å². The molecule has 25 heavy (non-hydrogen) atoms. The highest BCUT2D eigenvalue weighted by molar-refractivity contribution is 6.05. The maximum atomic E-state index is 12.4. The predicted molar refractivity (Wildman–Crippen MR) is 87.5 cm³/mol. The molecule has 0 atom stereocenters. The molecule has 0 saturated heterocycles. The largest absolute Gasteiger partial charge is 0.463 e. The number of nitrogens with zero attached hydrogens (tertiary/aromatic N) is 1. The molecule has 3 aromatic rings. The molecule has 0 fully saturated rings. The van der Waals surface area contributed by atoms with Gasteiger partial charge in [-0.2, -0.15) is 0 Å². The molecule has 0 unspecified atom stereocenters. The topological polar surface area (TPSA) is 125 Å². The number of rotatable bonds is 4. The van der Waals surface area contributed by atoms with Gasteiger partial charge in [0.2, 0.25) is 0 Å². The lowest BCUT2D eigenvalue weighted by atomic mass is 10.1. The van der Waals surface area contributed by atoms with Crippen LogP contribution >= 0.6 is 0 Å². The third kappa shape index (κ3) is 3.63. The van der Waals surface area contributed by atoms with Gasteiger partial charge >= 0.3 is 12.0 Å². The maximum absolute atomic E-state index is 12.4. The predicted octanol–water partition coefficient (Wildman–Crippen LogP) is 1.85. The number of carbonyl (C=O) groups is 3. The molecule has 8 nitrogen and oxygen atoms in total. The van der Waals surface area contributed by atoms with Crippen LogP contribution in [-0.4, -0.2) is 29.5 Å². The first-order chi connectivity index (χ1) is 12.0. The summed E-state index contributed by atoms with van der Waals surface area (Å²) in [4.78, 5) is 38.8. The third-order valence-electron chi connectivity index (χ3n) is 3.31. The molecular formula is C17H13N3O5. The second-order valence-corrected chi connectivity index (χ2v) is 5.04. The van der Waals surface area contributed by atoms with Crippen LogP contribution in [0, 0.1) is 0 Å². The number of nitrogens with two attached hydrogens (primary N) is 1. The number of imide groups is 1. The van der Waals surface area contributed by atoms with Gasteiger partial charge in [-0.1, -0.05) is 18.2 Å². The molecular weight excluding hydrogens is 326 g/mol. The number of hydrogen-bond acceptors (Lipinski definition) is 6. The van der Waals surface area contributed by atoms with E-state index >= 15 is 0 Å². The van der Waals surface area contributed by atoms with Gasteiger partial charge in [-0.15, -0.1) is 0 Å². The average Bonchev–Trinajstić information content (AvgIpc) is 3.12. The Morgan fingerprint density at radius 2 is 1.96 bits per heavy atom. The highest BCUT2D eigenvalue weighted by Gasteiger charge is 2.17. The number of nitrogens with one attached hydrogen (secondary N) is 1. The number of carbonyl (C=O) groups excluding carboxylic acids is 3. The number of aromatic nitrogens is 1. The van der Waals surface area contributed by atoms with Gasteiger partial charge in [0, 0.05) is 5.39 Å². The standard InChI is InChI=1S/C17H13N3O5/c18-17(23)20-15(21)9-25-16(22)11-8-13(14-6-3-7-24-14)19-12-5-2-1-4-10(11)12/h1-8H,9H2,(H3,18,20,21,23). The number of fused-ring (bicyclic) bond motifs is 1. The van der Waals surface area contributed by atoms with E-state index in [-0.39, 0.29) is 5.56 Å². The molecule has 126 valence electrons. The van der Waals surface area contributed by atoms with E-state index < -0.39 is 24.5 Å². The highest BCUT2D eigenvalue weighted by atomic mass is 16.5. The molecule has 0 aliphatic heterocycles. The molecule has 3 N–H and O–H groups in total. The van der Waals surface area contributed by atoms with Crippen molar-refractivity contribution in [3.05, 3.63) is 54.3 Å². The number of primary amides is 1. The Bertz CT molecular complexity index is 950. The fourth-order valence-corrected chi connectivity index (χ4v) is 2.28. The summed E-state index contributed by atoms with van der Waals surface area (Å²) in [6.45, 7) is -0.630. The summed E-state index contributed by atoms with van der Waals surface area (Å²) < 4.78 is 10.3.